The summed E-state index contributed by atoms with van der Waals surface area (Å²) in [6, 6.07) is 12.8. The average Bonchev–Trinajstić information content (AvgIpc) is 2.47. The third kappa shape index (κ3) is 4.73. The zero-order valence-corrected chi connectivity index (χ0v) is 13.4. The van der Waals surface area contributed by atoms with Gasteiger partial charge < -0.3 is 14.8 Å². The standard InChI is InChI=1S/C16H17Cl2NO2/c1-11(21-14-6-4-13(20-2)5-7-14)10-19-16-8-3-12(17)9-15(16)18/h3-9,11,19H,10H2,1-2H3. The summed E-state index contributed by atoms with van der Waals surface area (Å²) in [6.07, 6.45) is -0.00913. The fraction of sp³-hybridized carbons (Fsp3) is 0.250. The second kappa shape index (κ2) is 7.43. The summed E-state index contributed by atoms with van der Waals surface area (Å²) in [4.78, 5) is 0. The van der Waals surface area contributed by atoms with Gasteiger partial charge in [0.1, 0.15) is 17.6 Å². The van der Waals surface area contributed by atoms with Crippen molar-refractivity contribution in [3.05, 3.63) is 52.5 Å². The summed E-state index contributed by atoms with van der Waals surface area (Å²) in [5.41, 5.74) is 0.839. The lowest BCUT2D eigenvalue weighted by Gasteiger charge is -2.17. The summed E-state index contributed by atoms with van der Waals surface area (Å²) in [6.45, 7) is 2.62. The van der Waals surface area contributed by atoms with Crippen LogP contribution in [0.5, 0.6) is 11.5 Å². The molecule has 2 rings (SSSR count). The van der Waals surface area contributed by atoms with E-state index in [1.807, 2.05) is 37.3 Å². The lowest BCUT2D eigenvalue weighted by atomic mass is 10.3. The summed E-state index contributed by atoms with van der Waals surface area (Å²) in [5, 5.41) is 4.46. The van der Waals surface area contributed by atoms with Gasteiger partial charge in [-0.3, -0.25) is 0 Å². The van der Waals surface area contributed by atoms with E-state index in [0.29, 0.717) is 16.6 Å². The molecule has 3 nitrogen and oxygen atoms in total. The second-order valence-corrected chi connectivity index (χ2v) is 5.45. The highest BCUT2D eigenvalue weighted by Gasteiger charge is 2.06. The van der Waals surface area contributed by atoms with Crippen molar-refractivity contribution in [1.82, 2.24) is 0 Å². The minimum Gasteiger partial charge on any atom is -0.497 e. The van der Waals surface area contributed by atoms with Gasteiger partial charge in [0.25, 0.3) is 0 Å². The first-order chi connectivity index (χ1) is 10.1. The number of nitrogens with one attached hydrogen (secondary N) is 1. The fourth-order valence-electron chi connectivity index (χ4n) is 1.81. The first-order valence-corrected chi connectivity index (χ1v) is 7.33. The summed E-state index contributed by atoms with van der Waals surface area (Å²) in [5.74, 6) is 1.60. The van der Waals surface area contributed by atoms with E-state index in [2.05, 4.69) is 5.32 Å². The monoisotopic (exact) mass is 325 g/mol. The number of anilines is 1. The van der Waals surface area contributed by atoms with Crippen LogP contribution in [-0.2, 0) is 0 Å². The molecule has 2 aromatic rings. The number of hydrogen-bond donors (Lipinski definition) is 1. The number of methoxy groups -OCH3 is 1. The quantitative estimate of drug-likeness (QED) is 0.820. The van der Waals surface area contributed by atoms with Crippen molar-refractivity contribution in [3.8, 4) is 11.5 Å². The van der Waals surface area contributed by atoms with Gasteiger partial charge in [-0.2, -0.15) is 0 Å². The number of ether oxygens (including phenoxy) is 2. The Balaban J connectivity index is 1.87. The fourth-order valence-corrected chi connectivity index (χ4v) is 2.29. The van der Waals surface area contributed by atoms with Crippen molar-refractivity contribution in [1.29, 1.82) is 0 Å². The van der Waals surface area contributed by atoms with E-state index in [9.17, 15) is 0 Å². The smallest absolute Gasteiger partial charge is 0.120 e. The van der Waals surface area contributed by atoms with Crippen molar-refractivity contribution >= 4 is 28.9 Å². The molecule has 5 heteroatoms. The number of rotatable bonds is 6. The highest BCUT2D eigenvalue weighted by atomic mass is 35.5. The Morgan fingerprint density at radius 2 is 1.71 bits per heavy atom. The molecule has 0 heterocycles. The van der Waals surface area contributed by atoms with Gasteiger partial charge >= 0.3 is 0 Å². The molecule has 0 saturated carbocycles. The molecule has 0 saturated heterocycles. The van der Waals surface area contributed by atoms with Gasteiger partial charge in [0, 0.05) is 5.02 Å². The van der Waals surface area contributed by atoms with Crippen LogP contribution in [0, 0.1) is 0 Å². The Kier molecular flexibility index (Phi) is 5.59. The largest absolute Gasteiger partial charge is 0.497 e. The topological polar surface area (TPSA) is 30.5 Å². The predicted octanol–water partition coefficient (Wildman–Crippen LogP) is 4.88. The molecular formula is C16H17Cl2NO2. The van der Waals surface area contributed by atoms with Crippen molar-refractivity contribution in [3.63, 3.8) is 0 Å². The first kappa shape index (κ1) is 15.8. The molecule has 0 amide bonds. The highest BCUT2D eigenvalue weighted by Crippen LogP contribution is 2.25. The lowest BCUT2D eigenvalue weighted by Crippen LogP contribution is -2.22. The van der Waals surface area contributed by atoms with Crippen LogP contribution in [0.15, 0.2) is 42.5 Å². The SMILES string of the molecule is COc1ccc(OC(C)CNc2ccc(Cl)cc2Cl)cc1. The molecule has 1 N–H and O–H groups in total. The van der Waals surface area contributed by atoms with Gasteiger partial charge in [0.05, 0.1) is 24.4 Å². The minimum atomic E-state index is -0.00913. The van der Waals surface area contributed by atoms with Crippen LogP contribution in [0.1, 0.15) is 6.92 Å². The van der Waals surface area contributed by atoms with Crippen LogP contribution in [0.25, 0.3) is 0 Å². The van der Waals surface area contributed by atoms with Crippen LogP contribution in [0.3, 0.4) is 0 Å². The minimum absolute atomic E-state index is 0.00913. The van der Waals surface area contributed by atoms with Crippen LogP contribution in [0.4, 0.5) is 5.69 Å². The summed E-state index contributed by atoms with van der Waals surface area (Å²) < 4.78 is 10.9. The molecule has 112 valence electrons. The Hall–Kier alpha value is -1.58. The van der Waals surface area contributed by atoms with E-state index < -0.39 is 0 Å². The number of hydrogen-bond acceptors (Lipinski definition) is 3. The molecular weight excluding hydrogens is 309 g/mol. The molecule has 2 aromatic carbocycles. The van der Waals surface area contributed by atoms with Gasteiger partial charge in [-0.1, -0.05) is 23.2 Å². The normalized spacial score (nSPS) is 11.8. The number of halogens is 2. The van der Waals surface area contributed by atoms with E-state index in [0.717, 1.165) is 17.2 Å². The van der Waals surface area contributed by atoms with E-state index in [1.54, 1.807) is 19.2 Å². The maximum absolute atomic E-state index is 6.10. The van der Waals surface area contributed by atoms with Crippen molar-refractivity contribution in [2.75, 3.05) is 19.0 Å². The molecule has 0 aliphatic carbocycles. The molecule has 0 fully saturated rings. The van der Waals surface area contributed by atoms with Crippen LogP contribution in [-0.4, -0.2) is 19.8 Å². The van der Waals surface area contributed by atoms with E-state index in [-0.39, 0.29) is 6.10 Å². The summed E-state index contributed by atoms with van der Waals surface area (Å²) >= 11 is 12.0. The lowest BCUT2D eigenvalue weighted by molar-refractivity contribution is 0.234. The van der Waals surface area contributed by atoms with Crippen LogP contribution in [0.2, 0.25) is 10.0 Å². The molecule has 0 aliphatic heterocycles. The zero-order chi connectivity index (χ0) is 15.2. The van der Waals surface area contributed by atoms with Crippen molar-refractivity contribution in [2.45, 2.75) is 13.0 Å². The predicted molar refractivity (Wildman–Crippen MR) is 88.0 cm³/mol. The van der Waals surface area contributed by atoms with Crippen LogP contribution >= 0.6 is 23.2 Å². The molecule has 21 heavy (non-hydrogen) atoms. The number of benzene rings is 2. The Morgan fingerprint density at radius 3 is 2.33 bits per heavy atom. The third-order valence-corrected chi connectivity index (χ3v) is 3.46. The molecule has 0 spiro atoms. The summed E-state index contributed by atoms with van der Waals surface area (Å²) in [7, 11) is 1.64. The Morgan fingerprint density at radius 1 is 1.05 bits per heavy atom. The van der Waals surface area contributed by atoms with Gasteiger partial charge in [-0.05, 0) is 49.4 Å². The van der Waals surface area contributed by atoms with Crippen LogP contribution < -0.4 is 14.8 Å². The molecule has 0 aromatic heterocycles. The zero-order valence-electron chi connectivity index (χ0n) is 11.9. The maximum Gasteiger partial charge on any atom is 0.120 e. The Labute approximate surface area is 134 Å². The van der Waals surface area contributed by atoms with Gasteiger partial charge in [0.2, 0.25) is 0 Å². The third-order valence-electron chi connectivity index (χ3n) is 2.91. The average molecular weight is 326 g/mol. The second-order valence-electron chi connectivity index (χ2n) is 4.61. The molecule has 0 bridgehead atoms. The molecule has 1 atom stereocenters. The maximum atomic E-state index is 6.10. The molecule has 0 aliphatic rings. The van der Waals surface area contributed by atoms with Gasteiger partial charge in [-0.15, -0.1) is 0 Å². The van der Waals surface area contributed by atoms with E-state index in [1.165, 1.54) is 0 Å². The molecule has 0 radical (unpaired) electrons. The van der Waals surface area contributed by atoms with E-state index in [4.69, 9.17) is 32.7 Å². The Bertz CT molecular complexity index is 587. The van der Waals surface area contributed by atoms with Crippen molar-refractivity contribution in [2.24, 2.45) is 0 Å². The highest BCUT2D eigenvalue weighted by molar-refractivity contribution is 6.36. The van der Waals surface area contributed by atoms with Gasteiger partial charge in [0.15, 0.2) is 0 Å². The van der Waals surface area contributed by atoms with Gasteiger partial charge in [-0.25, -0.2) is 0 Å². The van der Waals surface area contributed by atoms with E-state index >= 15 is 0 Å². The molecule has 1 unspecified atom stereocenters. The van der Waals surface area contributed by atoms with Crippen molar-refractivity contribution < 1.29 is 9.47 Å². The first-order valence-electron chi connectivity index (χ1n) is 6.58.